The second-order valence-electron chi connectivity index (χ2n) is 4.89. The zero-order valence-electron chi connectivity index (χ0n) is 11.9. The van der Waals surface area contributed by atoms with Gasteiger partial charge in [0, 0.05) is 18.7 Å². The maximum Gasteiger partial charge on any atom is 0.136 e. The SMILES string of the molecule is CCC(C)(CCO)NCc1ccc(OC)c(C#N)c1. The lowest BCUT2D eigenvalue weighted by Gasteiger charge is -2.29. The molecule has 0 amide bonds. The molecule has 1 aromatic carbocycles. The fourth-order valence-corrected chi connectivity index (χ4v) is 1.90. The lowest BCUT2D eigenvalue weighted by molar-refractivity contribution is 0.214. The predicted octanol–water partition coefficient (Wildman–Crippen LogP) is 2.21. The van der Waals surface area contributed by atoms with Gasteiger partial charge >= 0.3 is 0 Å². The minimum absolute atomic E-state index is 0.0819. The van der Waals surface area contributed by atoms with Crippen LogP contribution >= 0.6 is 0 Å². The summed E-state index contributed by atoms with van der Waals surface area (Å²) in [7, 11) is 1.56. The van der Waals surface area contributed by atoms with Crippen LogP contribution in [-0.4, -0.2) is 24.4 Å². The van der Waals surface area contributed by atoms with Gasteiger partial charge in [-0.2, -0.15) is 5.26 Å². The van der Waals surface area contributed by atoms with E-state index >= 15 is 0 Å². The molecule has 0 bridgehead atoms. The first-order valence-electron chi connectivity index (χ1n) is 6.51. The number of ether oxygens (including phenoxy) is 1. The summed E-state index contributed by atoms with van der Waals surface area (Å²) in [6, 6.07) is 7.72. The summed E-state index contributed by atoms with van der Waals surface area (Å²) < 4.78 is 5.12. The first-order valence-corrected chi connectivity index (χ1v) is 6.51. The highest BCUT2D eigenvalue weighted by atomic mass is 16.5. The van der Waals surface area contributed by atoms with E-state index in [2.05, 4.69) is 25.2 Å². The van der Waals surface area contributed by atoms with Gasteiger partial charge in [-0.3, -0.25) is 0 Å². The lowest BCUT2D eigenvalue weighted by Crippen LogP contribution is -2.42. The average Bonchev–Trinajstić information content (AvgIpc) is 2.45. The number of rotatable bonds is 7. The Labute approximate surface area is 115 Å². The Bertz CT molecular complexity index is 454. The van der Waals surface area contributed by atoms with Crippen molar-refractivity contribution in [3.05, 3.63) is 29.3 Å². The van der Waals surface area contributed by atoms with Crippen LogP contribution in [0.4, 0.5) is 0 Å². The Morgan fingerprint density at radius 1 is 1.47 bits per heavy atom. The van der Waals surface area contributed by atoms with Crippen molar-refractivity contribution in [3.8, 4) is 11.8 Å². The molecule has 0 heterocycles. The van der Waals surface area contributed by atoms with Crippen LogP contribution in [0.5, 0.6) is 5.75 Å². The summed E-state index contributed by atoms with van der Waals surface area (Å²) in [4.78, 5) is 0. The molecule has 0 fully saturated rings. The molecule has 19 heavy (non-hydrogen) atoms. The van der Waals surface area contributed by atoms with Gasteiger partial charge in [0.15, 0.2) is 0 Å². The molecule has 1 rings (SSSR count). The van der Waals surface area contributed by atoms with E-state index in [-0.39, 0.29) is 12.1 Å². The van der Waals surface area contributed by atoms with Crippen molar-refractivity contribution < 1.29 is 9.84 Å². The number of nitrogens with one attached hydrogen (secondary N) is 1. The second kappa shape index (κ2) is 7.13. The van der Waals surface area contributed by atoms with Gasteiger partial charge in [0.25, 0.3) is 0 Å². The molecule has 0 aliphatic heterocycles. The van der Waals surface area contributed by atoms with Crippen molar-refractivity contribution in [3.63, 3.8) is 0 Å². The number of aliphatic hydroxyl groups is 1. The van der Waals surface area contributed by atoms with E-state index in [1.165, 1.54) is 0 Å². The molecule has 0 radical (unpaired) electrons. The summed E-state index contributed by atoms with van der Waals surface area (Å²) >= 11 is 0. The third-order valence-electron chi connectivity index (χ3n) is 3.55. The minimum Gasteiger partial charge on any atom is -0.495 e. The smallest absolute Gasteiger partial charge is 0.136 e. The molecule has 0 aliphatic rings. The molecule has 4 nitrogen and oxygen atoms in total. The highest BCUT2D eigenvalue weighted by molar-refractivity contribution is 5.45. The molecule has 0 saturated carbocycles. The quantitative estimate of drug-likeness (QED) is 0.790. The van der Waals surface area contributed by atoms with E-state index in [9.17, 15) is 0 Å². The number of methoxy groups -OCH3 is 1. The fourth-order valence-electron chi connectivity index (χ4n) is 1.90. The standard InChI is InChI=1S/C15H22N2O2/c1-4-15(2,7-8-18)17-11-12-5-6-14(19-3)13(9-12)10-16/h5-6,9,17-18H,4,7-8,11H2,1-3H3. The van der Waals surface area contributed by atoms with Gasteiger partial charge in [0.2, 0.25) is 0 Å². The third kappa shape index (κ3) is 4.23. The second-order valence-corrected chi connectivity index (χ2v) is 4.89. The van der Waals surface area contributed by atoms with Crippen molar-refractivity contribution in [2.24, 2.45) is 0 Å². The van der Waals surface area contributed by atoms with Crippen molar-refractivity contribution in [2.45, 2.75) is 38.8 Å². The largest absolute Gasteiger partial charge is 0.495 e. The molecule has 0 aromatic heterocycles. The summed E-state index contributed by atoms with van der Waals surface area (Å²) in [6.45, 7) is 5.03. The molecule has 0 spiro atoms. The average molecular weight is 262 g/mol. The number of aliphatic hydroxyl groups excluding tert-OH is 1. The van der Waals surface area contributed by atoms with E-state index in [1.54, 1.807) is 7.11 Å². The lowest BCUT2D eigenvalue weighted by atomic mass is 9.94. The number of nitriles is 1. The first-order chi connectivity index (χ1) is 9.08. The molecule has 1 aromatic rings. The maximum atomic E-state index is 9.08. The fraction of sp³-hybridized carbons (Fsp3) is 0.533. The first kappa shape index (κ1) is 15.5. The maximum absolute atomic E-state index is 9.08. The van der Waals surface area contributed by atoms with Crippen LogP contribution in [0.2, 0.25) is 0 Å². The van der Waals surface area contributed by atoms with Crippen molar-refractivity contribution in [2.75, 3.05) is 13.7 Å². The number of nitrogens with zero attached hydrogens (tertiary/aromatic N) is 1. The summed E-state index contributed by atoms with van der Waals surface area (Å²) in [5.41, 5.74) is 1.50. The van der Waals surface area contributed by atoms with Crippen molar-refractivity contribution in [1.29, 1.82) is 5.26 Å². The van der Waals surface area contributed by atoms with Gasteiger partial charge in [0.05, 0.1) is 12.7 Å². The van der Waals surface area contributed by atoms with Gasteiger partial charge in [-0.1, -0.05) is 13.0 Å². The van der Waals surface area contributed by atoms with Crippen LogP contribution in [0, 0.1) is 11.3 Å². The van der Waals surface area contributed by atoms with Crippen molar-refractivity contribution >= 4 is 0 Å². The molecule has 104 valence electrons. The van der Waals surface area contributed by atoms with E-state index in [0.717, 1.165) is 12.0 Å². The molecule has 2 N–H and O–H groups in total. The Morgan fingerprint density at radius 3 is 2.74 bits per heavy atom. The Balaban J connectivity index is 2.75. The Hall–Kier alpha value is -1.57. The Kier molecular flexibility index (Phi) is 5.81. The summed E-state index contributed by atoms with van der Waals surface area (Å²) in [5.74, 6) is 0.597. The van der Waals surface area contributed by atoms with Gasteiger partial charge < -0.3 is 15.2 Å². The Morgan fingerprint density at radius 2 is 2.21 bits per heavy atom. The molecule has 0 aliphatic carbocycles. The van der Waals surface area contributed by atoms with Gasteiger partial charge in [-0.15, -0.1) is 0 Å². The van der Waals surface area contributed by atoms with E-state index in [4.69, 9.17) is 15.1 Å². The minimum atomic E-state index is -0.0819. The van der Waals surface area contributed by atoms with E-state index in [1.807, 2.05) is 18.2 Å². The molecule has 1 unspecified atom stereocenters. The molecular weight excluding hydrogens is 240 g/mol. The molecule has 4 heteroatoms. The molecular formula is C15H22N2O2. The van der Waals surface area contributed by atoms with E-state index < -0.39 is 0 Å². The van der Waals surface area contributed by atoms with Crippen LogP contribution in [-0.2, 0) is 6.54 Å². The van der Waals surface area contributed by atoms with Gasteiger partial charge in [0.1, 0.15) is 11.8 Å². The molecule has 1 atom stereocenters. The highest BCUT2D eigenvalue weighted by Gasteiger charge is 2.20. The van der Waals surface area contributed by atoms with Crippen LogP contribution in [0.3, 0.4) is 0 Å². The molecule has 0 saturated heterocycles. The normalized spacial score (nSPS) is 13.6. The number of hydrogen-bond donors (Lipinski definition) is 2. The zero-order valence-corrected chi connectivity index (χ0v) is 11.9. The topological polar surface area (TPSA) is 65.3 Å². The number of benzene rings is 1. The van der Waals surface area contributed by atoms with Crippen molar-refractivity contribution in [1.82, 2.24) is 5.32 Å². The van der Waals surface area contributed by atoms with E-state index in [0.29, 0.717) is 24.3 Å². The van der Waals surface area contributed by atoms with Crippen LogP contribution in [0.15, 0.2) is 18.2 Å². The van der Waals surface area contributed by atoms with Gasteiger partial charge in [-0.25, -0.2) is 0 Å². The van der Waals surface area contributed by atoms with Crippen LogP contribution < -0.4 is 10.1 Å². The van der Waals surface area contributed by atoms with Crippen LogP contribution in [0.25, 0.3) is 0 Å². The third-order valence-corrected chi connectivity index (χ3v) is 3.55. The summed E-state index contributed by atoms with van der Waals surface area (Å²) in [6.07, 6.45) is 1.65. The zero-order chi connectivity index (χ0) is 14.3. The summed E-state index contributed by atoms with van der Waals surface area (Å²) in [5, 5.41) is 21.6. The monoisotopic (exact) mass is 262 g/mol. The van der Waals surface area contributed by atoms with Gasteiger partial charge in [-0.05, 0) is 37.5 Å². The van der Waals surface area contributed by atoms with Crippen LogP contribution in [0.1, 0.15) is 37.8 Å². The highest BCUT2D eigenvalue weighted by Crippen LogP contribution is 2.20. The predicted molar refractivity (Wildman–Crippen MR) is 74.9 cm³/mol. The number of hydrogen-bond acceptors (Lipinski definition) is 4.